The van der Waals surface area contributed by atoms with Crippen LogP contribution in [0.3, 0.4) is 0 Å². The number of esters is 2. The Morgan fingerprint density at radius 1 is 0.476 bits per heavy atom. The van der Waals surface area contributed by atoms with Gasteiger partial charge in [-0.1, -0.05) is 77.0 Å². The van der Waals surface area contributed by atoms with E-state index in [2.05, 4.69) is 0 Å². The maximum Gasteiger partial charge on any atom is 0.307 e. The van der Waals surface area contributed by atoms with E-state index < -0.39 is 24.1 Å². The largest absolute Gasteiger partial charge is 0.481 e. The standard InChI is InChI=1S/C32H60N2O8/c1-33(2,3)25-27(23-29(35)36)41-31(39)21-19-17-15-13-11-9-7-8-10-12-14-16-18-20-22-32(40)42-28(24-30(37)38)26-34(4,5)6/h27-28H,7-26H2,1-6H3/p+2. The van der Waals surface area contributed by atoms with Gasteiger partial charge >= 0.3 is 23.9 Å². The summed E-state index contributed by atoms with van der Waals surface area (Å²) in [7, 11) is 11.7. The molecule has 0 spiro atoms. The molecule has 0 aromatic heterocycles. The summed E-state index contributed by atoms with van der Waals surface area (Å²) < 4.78 is 12.0. The fraction of sp³-hybridized carbons (Fsp3) is 0.875. The van der Waals surface area contributed by atoms with Crippen LogP contribution in [0.1, 0.15) is 116 Å². The molecule has 2 N–H and O–H groups in total. The van der Waals surface area contributed by atoms with Gasteiger partial charge in [0, 0.05) is 12.8 Å². The zero-order valence-corrected chi connectivity index (χ0v) is 27.5. The van der Waals surface area contributed by atoms with E-state index in [4.69, 9.17) is 19.7 Å². The molecule has 0 aromatic carbocycles. The highest BCUT2D eigenvalue weighted by Gasteiger charge is 2.25. The van der Waals surface area contributed by atoms with Crippen molar-refractivity contribution in [2.45, 2.75) is 128 Å². The van der Waals surface area contributed by atoms with E-state index >= 15 is 0 Å². The number of likely N-dealkylation sites (N-methyl/N-ethyl adjacent to an activating group) is 2. The predicted molar refractivity (Wildman–Crippen MR) is 164 cm³/mol. The minimum absolute atomic E-state index is 0.157. The molecule has 0 amide bonds. The smallest absolute Gasteiger partial charge is 0.307 e. The molecule has 2 atom stereocenters. The summed E-state index contributed by atoms with van der Waals surface area (Å²) in [6.45, 7) is 0.958. The van der Waals surface area contributed by atoms with Gasteiger partial charge in [-0.25, -0.2) is 0 Å². The number of carboxylic acid groups (broad SMARTS) is 2. The monoisotopic (exact) mass is 602 g/mol. The second-order valence-electron chi connectivity index (χ2n) is 13.8. The van der Waals surface area contributed by atoms with Crippen molar-refractivity contribution in [2.75, 3.05) is 55.4 Å². The van der Waals surface area contributed by atoms with Gasteiger partial charge in [-0.05, 0) is 12.8 Å². The van der Waals surface area contributed by atoms with Crippen LogP contribution in [0.5, 0.6) is 0 Å². The average molecular weight is 603 g/mol. The molecule has 0 saturated heterocycles. The predicted octanol–water partition coefficient (Wildman–Crippen LogP) is 5.41. The number of carboxylic acids is 2. The third kappa shape index (κ3) is 27.9. The van der Waals surface area contributed by atoms with Crippen LogP contribution in [-0.2, 0) is 28.7 Å². The highest BCUT2D eigenvalue weighted by atomic mass is 16.5. The van der Waals surface area contributed by atoms with Crippen LogP contribution in [0, 0.1) is 0 Å². The highest BCUT2D eigenvalue weighted by Crippen LogP contribution is 2.15. The molecule has 246 valence electrons. The van der Waals surface area contributed by atoms with E-state index in [1.165, 1.54) is 51.4 Å². The zero-order chi connectivity index (χ0) is 32.0. The lowest BCUT2D eigenvalue weighted by Gasteiger charge is -2.28. The molecule has 10 heteroatoms. The van der Waals surface area contributed by atoms with Crippen LogP contribution in [-0.4, -0.2) is 111 Å². The van der Waals surface area contributed by atoms with Crippen LogP contribution in [0.2, 0.25) is 0 Å². The molecular formula is C32H62N2O8+2. The summed E-state index contributed by atoms with van der Waals surface area (Å²) in [5, 5.41) is 18.1. The van der Waals surface area contributed by atoms with Crippen molar-refractivity contribution in [3.05, 3.63) is 0 Å². The van der Waals surface area contributed by atoms with E-state index in [1.54, 1.807) is 0 Å². The van der Waals surface area contributed by atoms with Gasteiger partial charge in [-0.2, -0.15) is 0 Å². The van der Waals surface area contributed by atoms with Crippen LogP contribution < -0.4 is 0 Å². The summed E-state index contributed by atoms with van der Waals surface area (Å²) in [5.74, 6) is -2.49. The van der Waals surface area contributed by atoms with Crippen molar-refractivity contribution in [3.8, 4) is 0 Å². The number of hydrogen-bond acceptors (Lipinski definition) is 6. The molecular weight excluding hydrogens is 540 g/mol. The van der Waals surface area contributed by atoms with Crippen LogP contribution in [0.15, 0.2) is 0 Å². The topological polar surface area (TPSA) is 127 Å². The summed E-state index contributed by atoms with van der Waals surface area (Å²) >= 11 is 0. The van der Waals surface area contributed by atoms with Crippen molar-refractivity contribution >= 4 is 23.9 Å². The van der Waals surface area contributed by atoms with Gasteiger partial charge in [0.2, 0.25) is 0 Å². The SMILES string of the molecule is C[N+](C)(C)CC(CC(=O)O)OC(=O)CCCCCCCCCCCCCCCCC(=O)OC(CC(=O)O)C[N+](C)(C)C. The zero-order valence-electron chi connectivity index (χ0n) is 27.5. The van der Waals surface area contributed by atoms with Crippen LogP contribution >= 0.6 is 0 Å². The number of unbranched alkanes of at least 4 members (excludes halogenated alkanes) is 13. The van der Waals surface area contributed by atoms with Crippen molar-refractivity contribution in [1.82, 2.24) is 0 Å². The lowest BCUT2D eigenvalue weighted by atomic mass is 10.0. The normalized spacial score (nSPS) is 13.4. The Morgan fingerprint density at radius 3 is 0.929 bits per heavy atom. The third-order valence-electron chi connectivity index (χ3n) is 6.92. The summed E-state index contributed by atoms with van der Waals surface area (Å²) in [4.78, 5) is 46.4. The van der Waals surface area contributed by atoms with E-state index in [0.717, 1.165) is 38.5 Å². The fourth-order valence-corrected chi connectivity index (χ4v) is 5.05. The molecule has 2 unspecified atom stereocenters. The molecule has 42 heavy (non-hydrogen) atoms. The number of quaternary nitrogens is 2. The molecule has 0 bridgehead atoms. The molecule has 0 aliphatic rings. The van der Waals surface area contributed by atoms with Crippen molar-refractivity contribution in [3.63, 3.8) is 0 Å². The first kappa shape index (κ1) is 39.8. The van der Waals surface area contributed by atoms with E-state index in [9.17, 15) is 19.2 Å². The lowest BCUT2D eigenvalue weighted by molar-refractivity contribution is -0.873. The molecule has 0 saturated carbocycles. The van der Waals surface area contributed by atoms with E-state index in [1.807, 2.05) is 42.3 Å². The van der Waals surface area contributed by atoms with Crippen molar-refractivity contribution in [1.29, 1.82) is 0 Å². The Labute approximate surface area is 254 Å². The molecule has 0 aliphatic carbocycles. The number of nitrogens with zero attached hydrogens (tertiary/aromatic N) is 2. The number of carbonyl (C=O) groups is 4. The molecule has 0 aliphatic heterocycles. The summed E-state index contributed by atoms with van der Waals surface area (Å²) in [5.41, 5.74) is 0. The van der Waals surface area contributed by atoms with E-state index in [-0.39, 0.29) is 24.8 Å². The Kier molecular flexibility index (Phi) is 21.2. The van der Waals surface area contributed by atoms with Crippen molar-refractivity contribution in [2.24, 2.45) is 0 Å². The lowest BCUT2D eigenvalue weighted by Crippen LogP contribution is -2.43. The molecule has 0 heterocycles. The minimum atomic E-state index is -0.949. The fourth-order valence-electron chi connectivity index (χ4n) is 5.05. The van der Waals surface area contributed by atoms with Gasteiger partial charge in [0.15, 0.2) is 12.2 Å². The molecule has 0 fully saturated rings. The molecule has 0 radical (unpaired) electrons. The Balaban J connectivity index is 3.67. The number of hydrogen-bond donors (Lipinski definition) is 2. The number of carbonyl (C=O) groups excluding carboxylic acids is 2. The number of aliphatic carboxylic acids is 2. The van der Waals surface area contributed by atoms with Gasteiger partial charge in [-0.3, -0.25) is 19.2 Å². The van der Waals surface area contributed by atoms with Gasteiger partial charge < -0.3 is 28.7 Å². The third-order valence-corrected chi connectivity index (χ3v) is 6.92. The first-order chi connectivity index (χ1) is 19.6. The summed E-state index contributed by atoms with van der Waals surface area (Å²) in [6.07, 6.45) is 14.7. The van der Waals surface area contributed by atoms with Gasteiger partial charge in [0.05, 0.1) is 55.1 Å². The molecule has 0 aromatic rings. The number of rotatable bonds is 27. The van der Waals surface area contributed by atoms with Crippen molar-refractivity contribution < 1.29 is 47.8 Å². The maximum absolute atomic E-state index is 12.1. The molecule has 10 nitrogen and oxygen atoms in total. The number of ether oxygens (including phenoxy) is 2. The average Bonchev–Trinajstić information content (AvgIpc) is 2.80. The Morgan fingerprint density at radius 2 is 0.714 bits per heavy atom. The highest BCUT2D eigenvalue weighted by molar-refractivity contribution is 5.72. The Hall–Kier alpha value is -2.20. The quantitative estimate of drug-likeness (QED) is 0.0726. The second-order valence-corrected chi connectivity index (χ2v) is 13.8. The maximum atomic E-state index is 12.1. The minimum Gasteiger partial charge on any atom is -0.481 e. The van der Waals surface area contributed by atoms with Crippen LogP contribution in [0.25, 0.3) is 0 Å². The van der Waals surface area contributed by atoms with Gasteiger partial charge in [0.1, 0.15) is 13.1 Å². The first-order valence-electron chi connectivity index (χ1n) is 16.0. The second kappa shape index (κ2) is 22.4. The molecule has 0 rings (SSSR count). The van der Waals surface area contributed by atoms with E-state index in [0.29, 0.717) is 34.9 Å². The first-order valence-corrected chi connectivity index (χ1v) is 16.0. The summed E-state index contributed by atoms with van der Waals surface area (Å²) in [6, 6.07) is 0. The Bertz CT molecular complexity index is 709. The van der Waals surface area contributed by atoms with Gasteiger partial charge in [-0.15, -0.1) is 0 Å². The van der Waals surface area contributed by atoms with Gasteiger partial charge in [0.25, 0.3) is 0 Å². The van der Waals surface area contributed by atoms with Crippen LogP contribution in [0.4, 0.5) is 0 Å².